The third kappa shape index (κ3) is 8.33. The Labute approximate surface area is 88.2 Å². The number of ether oxygens (including phenoxy) is 1. The number of carbonyl (C=O) groups is 1. The van der Waals surface area contributed by atoms with Gasteiger partial charge in [-0.2, -0.15) is 0 Å². The fourth-order valence-corrected chi connectivity index (χ4v) is 0.859. The van der Waals surface area contributed by atoms with Crippen molar-refractivity contribution in [2.24, 2.45) is 5.41 Å². The molecule has 0 aliphatic heterocycles. The molecule has 2 nitrogen and oxygen atoms in total. The van der Waals surface area contributed by atoms with E-state index in [9.17, 15) is 17.7 Å². The van der Waals surface area contributed by atoms with E-state index in [0.29, 0.717) is 0 Å². The second-order valence-corrected chi connectivity index (χ2v) is 4.59. The highest BCUT2D eigenvalue weighted by atomic mass is 19.4. The molecule has 0 rings (SSSR count). The van der Waals surface area contributed by atoms with Gasteiger partial charge in [-0.25, -0.2) is 0 Å². The predicted octanol–water partition coefficient (Wildman–Crippen LogP) is 3.20. The van der Waals surface area contributed by atoms with Crippen LogP contribution in [0.5, 0.6) is 0 Å². The molecule has 0 aromatic rings. The van der Waals surface area contributed by atoms with Gasteiger partial charge < -0.3 is 17.7 Å². The van der Waals surface area contributed by atoms with Crippen LogP contribution in [0.4, 0.5) is 12.9 Å². The lowest BCUT2D eigenvalue weighted by atomic mass is 9.84. The molecular weight excluding hydrogens is 208 g/mol. The van der Waals surface area contributed by atoms with Crippen molar-refractivity contribution in [2.75, 3.05) is 6.61 Å². The fraction of sp³-hybridized carbons (Fsp3) is 0.889. The Bertz CT molecular complexity index is 208. The summed E-state index contributed by atoms with van der Waals surface area (Å²) in [4.78, 5) is 11.2. The highest BCUT2D eigenvalue weighted by Crippen LogP contribution is 2.19. The molecule has 0 amide bonds. The third-order valence-electron chi connectivity index (χ3n) is 1.77. The summed E-state index contributed by atoms with van der Waals surface area (Å²) in [6.07, 6.45) is -0.461. The van der Waals surface area contributed by atoms with Crippen LogP contribution >= 0.6 is 0 Å². The van der Waals surface area contributed by atoms with Gasteiger partial charge in [0.15, 0.2) is 0 Å². The van der Waals surface area contributed by atoms with Gasteiger partial charge in [-0.15, -0.1) is 0 Å². The molecule has 15 heavy (non-hydrogen) atoms. The van der Waals surface area contributed by atoms with Crippen LogP contribution in [0, 0.1) is 5.41 Å². The van der Waals surface area contributed by atoms with Crippen molar-refractivity contribution < 1.29 is 22.5 Å². The van der Waals surface area contributed by atoms with Crippen LogP contribution in [-0.4, -0.2) is 19.6 Å². The minimum Gasteiger partial charge on any atom is -0.465 e. The Morgan fingerprint density at radius 3 is 2.13 bits per heavy atom. The first kappa shape index (κ1) is 14.3. The number of esters is 1. The molecule has 0 aliphatic carbocycles. The van der Waals surface area contributed by atoms with Crippen molar-refractivity contribution in [1.29, 1.82) is 0 Å². The summed E-state index contributed by atoms with van der Waals surface area (Å²) >= 11 is 0. The molecule has 0 fully saturated rings. The second-order valence-electron chi connectivity index (χ2n) is 4.59. The standard InChI is InChI=1S/C9H17BF3O2/c1-9(2,3)8(14)15-7-5-4-6-10(11,12)13/h4-7H2,1-3H3/q-1. The van der Waals surface area contributed by atoms with Crippen molar-refractivity contribution in [2.45, 2.75) is 39.9 Å². The van der Waals surface area contributed by atoms with Crippen molar-refractivity contribution in [3.05, 3.63) is 0 Å². The van der Waals surface area contributed by atoms with Crippen molar-refractivity contribution in [1.82, 2.24) is 0 Å². The van der Waals surface area contributed by atoms with Gasteiger partial charge in [0.25, 0.3) is 0 Å². The monoisotopic (exact) mass is 225 g/mol. The van der Waals surface area contributed by atoms with Gasteiger partial charge in [0, 0.05) is 0 Å². The minimum absolute atomic E-state index is 0.0287. The summed E-state index contributed by atoms with van der Waals surface area (Å²) in [5, 5.41) is 0. The highest BCUT2D eigenvalue weighted by molar-refractivity contribution is 6.58. The molecule has 0 saturated heterocycles. The Morgan fingerprint density at radius 2 is 1.73 bits per heavy atom. The van der Waals surface area contributed by atoms with Gasteiger partial charge in [-0.05, 0) is 27.2 Å². The minimum atomic E-state index is -4.70. The summed E-state index contributed by atoms with van der Waals surface area (Å²) in [6, 6.07) is 0. The summed E-state index contributed by atoms with van der Waals surface area (Å²) in [6.45, 7) is 0.480. The quantitative estimate of drug-likeness (QED) is 0.408. The van der Waals surface area contributed by atoms with Crippen LogP contribution in [0.25, 0.3) is 0 Å². The summed E-state index contributed by atoms with van der Waals surface area (Å²) in [5.41, 5.74) is -0.589. The molecule has 90 valence electrons. The van der Waals surface area contributed by atoms with E-state index in [0.717, 1.165) is 0 Å². The zero-order valence-corrected chi connectivity index (χ0v) is 9.36. The van der Waals surface area contributed by atoms with E-state index in [1.54, 1.807) is 20.8 Å². The maximum Gasteiger partial charge on any atom is 0.478 e. The first-order valence-electron chi connectivity index (χ1n) is 5.01. The molecular formula is C9H17BF3O2-. The lowest BCUT2D eigenvalue weighted by Gasteiger charge is -2.17. The molecule has 0 radical (unpaired) electrons. The van der Waals surface area contributed by atoms with Crippen molar-refractivity contribution >= 4 is 12.9 Å². The summed E-state index contributed by atoms with van der Waals surface area (Å²) in [5.74, 6) is -0.375. The summed E-state index contributed by atoms with van der Waals surface area (Å²) in [7, 11) is 0. The molecule has 0 N–H and O–H groups in total. The van der Waals surface area contributed by atoms with Gasteiger partial charge in [-0.1, -0.05) is 12.7 Å². The van der Waals surface area contributed by atoms with Gasteiger partial charge in [0.05, 0.1) is 12.0 Å². The van der Waals surface area contributed by atoms with E-state index in [1.807, 2.05) is 0 Å². The van der Waals surface area contributed by atoms with Crippen LogP contribution in [-0.2, 0) is 9.53 Å². The number of halogens is 3. The number of hydrogen-bond acceptors (Lipinski definition) is 2. The smallest absolute Gasteiger partial charge is 0.465 e. The average Bonchev–Trinajstić information content (AvgIpc) is 1.99. The molecule has 0 aromatic heterocycles. The van der Waals surface area contributed by atoms with Crippen LogP contribution in [0.3, 0.4) is 0 Å². The van der Waals surface area contributed by atoms with Crippen molar-refractivity contribution in [3.8, 4) is 0 Å². The zero-order valence-electron chi connectivity index (χ0n) is 9.36. The van der Waals surface area contributed by atoms with Gasteiger partial charge >= 0.3 is 12.9 Å². The van der Waals surface area contributed by atoms with Crippen LogP contribution < -0.4 is 0 Å². The zero-order chi connectivity index (χ0) is 12.1. The Balaban J connectivity index is 3.53. The second kappa shape index (κ2) is 5.42. The molecule has 0 aliphatic rings. The molecule has 0 aromatic carbocycles. The Morgan fingerprint density at radius 1 is 1.20 bits per heavy atom. The Hall–Kier alpha value is -0.675. The molecule has 0 bridgehead atoms. The maximum atomic E-state index is 11.8. The summed E-state index contributed by atoms with van der Waals surface area (Å²) < 4.78 is 40.2. The topological polar surface area (TPSA) is 26.3 Å². The van der Waals surface area contributed by atoms with E-state index in [-0.39, 0.29) is 25.4 Å². The Kier molecular flexibility index (Phi) is 5.18. The lowest BCUT2D eigenvalue weighted by molar-refractivity contribution is -0.153. The van der Waals surface area contributed by atoms with Gasteiger partial charge in [-0.3, -0.25) is 4.79 Å². The van der Waals surface area contributed by atoms with Crippen LogP contribution in [0.15, 0.2) is 0 Å². The molecule has 6 heteroatoms. The number of rotatable bonds is 5. The largest absolute Gasteiger partial charge is 0.478 e. The van der Waals surface area contributed by atoms with E-state index in [1.165, 1.54) is 0 Å². The van der Waals surface area contributed by atoms with E-state index < -0.39 is 18.7 Å². The fourth-order valence-electron chi connectivity index (χ4n) is 0.859. The predicted molar refractivity (Wildman–Crippen MR) is 53.5 cm³/mol. The molecule has 0 saturated carbocycles. The van der Waals surface area contributed by atoms with Crippen molar-refractivity contribution in [3.63, 3.8) is 0 Å². The average molecular weight is 225 g/mol. The number of carbonyl (C=O) groups excluding carboxylic acids is 1. The molecule has 0 heterocycles. The van der Waals surface area contributed by atoms with E-state index >= 15 is 0 Å². The van der Waals surface area contributed by atoms with Crippen LogP contribution in [0.1, 0.15) is 33.6 Å². The van der Waals surface area contributed by atoms with E-state index in [2.05, 4.69) is 0 Å². The normalized spacial score (nSPS) is 12.7. The van der Waals surface area contributed by atoms with Gasteiger partial charge in [0.1, 0.15) is 0 Å². The number of hydrogen-bond donors (Lipinski definition) is 0. The first-order valence-corrected chi connectivity index (χ1v) is 5.01. The maximum absolute atomic E-state index is 11.8. The first-order chi connectivity index (χ1) is 6.63. The van der Waals surface area contributed by atoms with E-state index in [4.69, 9.17) is 4.74 Å². The lowest BCUT2D eigenvalue weighted by Crippen LogP contribution is -2.23. The molecule has 0 spiro atoms. The van der Waals surface area contributed by atoms with Crippen LogP contribution in [0.2, 0.25) is 6.32 Å². The van der Waals surface area contributed by atoms with Gasteiger partial charge in [0.2, 0.25) is 0 Å². The molecule has 0 unspecified atom stereocenters. The number of unbranched alkanes of at least 4 members (excludes halogenated alkanes) is 1. The third-order valence-corrected chi connectivity index (χ3v) is 1.77. The highest BCUT2D eigenvalue weighted by Gasteiger charge is 2.23. The SMILES string of the molecule is CC(C)(C)C(=O)OCCCC[B-](F)(F)F. The molecule has 0 atom stereocenters.